The standard InChI is InChI=1S/C53H58N4O7/c1-36(15-24-48(59)45-22-25-49(60)52-46(45)23-26-50(61)55-52)33-38-9-8-10-39(34-38)35-42(58)21-18-37-16-19-41(20-17-37)56(2)51(62)29-32-57-30-27-43(28-31-57)64-53(63)54-47-14-7-6-13-44(47)40-11-4-3-5-12-40/h3-14,16-17,19-20,22-23,25-26,34,36,43,48,59-60H,15,18,21,24,27-33,35H2,1-2H3,(H,54,63)(H,55,61)/t36-,48+/m1/s1. The van der Waals surface area contributed by atoms with Gasteiger partial charge in [0.1, 0.15) is 17.6 Å². The Morgan fingerprint density at radius 2 is 1.56 bits per heavy atom. The maximum atomic E-state index is 13.2. The number of hydrogen-bond donors (Lipinski definition) is 4. The zero-order chi connectivity index (χ0) is 45.0. The first-order valence-electron chi connectivity index (χ1n) is 22.3. The Bertz CT molecular complexity index is 2580. The Hall–Kier alpha value is -6.56. The fraction of sp³-hybridized carbons (Fsp3) is 0.321. The first kappa shape index (κ1) is 45.5. The number of nitrogens with one attached hydrogen (secondary N) is 2. The van der Waals surface area contributed by atoms with E-state index in [9.17, 15) is 29.4 Å². The SMILES string of the molecule is C[C@H](CC[C@H](O)c1ccc(O)c2[nH]c(=O)ccc12)Cc1cccc(CC(=O)CCc2ccc(N(C)C(=O)CCN3CCC(OC(=O)Nc4ccccc4-c4ccccc4)CC3)cc2)c1. The molecular formula is C53H58N4O7. The van der Waals surface area contributed by atoms with Gasteiger partial charge in [0.2, 0.25) is 11.5 Å². The molecule has 2 amide bonds. The molecule has 2 atom stereocenters. The van der Waals surface area contributed by atoms with E-state index in [1.54, 1.807) is 24.1 Å². The second-order valence-electron chi connectivity index (χ2n) is 17.1. The number of aryl methyl sites for hydroxylation is 1. The van der Waals surface area contributed by atoms with Crippen LogP contribution < -0.4 is 15.8 Å². The summed E-state index contributed by atoms with van der Waals surface area (Å²) in [6.45, 7) is 4.27. The van der Waals surface area contributed by atoms with Crippen LogP contribution in [0.1, 0.15) is 73.8 Å². The summed E-state index contributed by atoms with van der Waals surface area (Å²) in [5.41, 5.74) is 7.31. The van der Waals surface area contributed by atoms with E-state index < -0.39 is 12.2 Å². The molecular weight excluding hydrogens is 805 g/mol. The summed E-state index contributed by atoms with van der Waals surface area (Å²) in [7, 11) is 1.79. The summed E-state index contributed by atoms with van der Waals surface area (Å²) in [4.78, 5) is 57.4. The lowest BCUT2D eigenvalue weighted by Crippen LogP contribution is -2.40. The zero-order valence-electron chi connectivity index (χ0n) is 36.7. The quantitative estimate of drug-likeness (QED) is 0.0667. The van der Waals surface area contributed by atoms with Gasteiger partial charge in [0.15, 0.2) is 0 Å². The van der Waals surface area contributed by atoms with Crippen molar-refractivity contribution < 1.29 is 29.3 Å². The number of rotatable bonds is 18. The highest BCUT2D eigenvalue weighted by atomic mass is 16.6. The lowest BCUT2D eigenvalue weighted by Gasteiger charge is -2.31. The van der Waals surface area contributed by atoms with Crippen molar-refractivity contribution in [3.05, 3.63) is 160 Å². The first-order chi connectivity index (χ1) is 31.0. The number of ketones is 1. The molecule has 0 spiro atoms. The van der Waals surface area contributed by atoms with Crippen LogP contribution in [0.3, 0.4) is 0 Å². The molecule has 1 saturated heterocycles. The number of likely N-dealkylation sites (tertiary alicyclic amines) is 1. The first-order valence-corrected chi connectivity index (χ1v) is 22.3. The lowest BCUT2D eigenvalue weighted by molar-refractivity contribution is -0.119. The predicted molar refractivity (Wildman–Crippen MR) is 253 cm³/mol. The maximum absolute atomic E-state index is 13.2. The molecule has 1 aromatic heterocycles. The summed E-state index contributed by atoms with van der Waals surface area (Å²) >= 11 is 0. The minimum atomic E-state index is -0.743. The number of aromatic nitrogens is 1. The van der Waals surface area contributed by atoms with Crippen LogP contribution in [0.2, 0.25) is 0 Å². The van der Waals surface area contributed by atoms with E-state index in [4.69, 9.17) is 4.74 Å². The van der Waals surface area contributed by atoms with Gasteiger partial charge < -0.3 is 29.7 Å². The molecule has 2 heterocycles. The highest BCUT2D eigenvalue weighted by molar-refractivity contribution is 5.93. The van der Waals surface area contributed by atoms with Gasteiger partial charge in [-0.25, -0.2) is 4.79 Å². The van der Waals surface area contributed by atoms with Crippen LogP contribution in [-0.2, 0) is 33.6 Å². The smallest absolute Gasteiger partial charge is 0.411 e. The number of hydrogen-bond acceptors (Lipinski definition) is 8. The fourth-order valence-corrected chi connectivity index (χ4v) is 8.57. The number of benzene rings is 5. The van der Waals surface area contributed by atoms with Crippen molar-refractivity contribution in [3.63, 3.8) is 0 Å². The molecule has 0 unspecified atom stereocenters. The third-order valence-corrected chi connectivity index (χ3v) is 12.3. The van der Waals surface area contributed by atoms with Crippen molar-refractivity contribution in [2.75, 3.05) is 36.9 Å². The van der Waals surface area contributed by atoms with Crippen molar-refractivity contribution in [2.45, 2.75) is 76.9 Å². The second-order valence-corrected chi connectivity index (χ2v) is 17.1. The number of para-hydroxylation sites is 1. The van der Waals surface area contributed by atoms with Gasteiger partial charge in [-0.2, -0.15) is 0 Å². The van der Waals surface area contributed by atoms with E-state index in [1.807, 2.05) is 91.0 Å². The molecule has 0 aliphatic carbocycles. The molecule has 4 N–H and O–H groups in total. The summed E-state index contributed by atoms with van der Waals surface area (Å²) in [5, 5.41) is 24.8. The number of ether oxygens (including phenoxy) is 1. The summed E-state index contributed by atoms with van der Waals surface area (Å²) in [5.74, 6) is 0.437. The van der Waals surface area contributed by atoms with Gasteiger partial charge in [-0.1, -0.05) is 97.9 Å². The molecule has 1 fully saturated rings. The molecule has 7 rings (SSSR count). The number of carbonyl (C=O) groups excluding carboxylic acids is 3. The van der Waals surface area contributed by atoms with E-state index in [1.165, 1.54) is 12.1 Å². The van der Waals surface area contributed by atoms with E-state index in [0.717, 1.165) is 59.4 Å². The van der Waals surface area contributed by atoms with E-state index in [0.29, 0.717) is 73.6 Å². The van der Waals surface area contributed by atoms with E-state index in [-0.39, 0.29) is 35.0 Å². The van der Waals surface area contributed by atoms with Gasteiger partial charge in [-0.3, -0.25) is 19.7 Å². The predicted octanol–water partition coefficient (Wildman–Crippen LogP) is 9.40. The minimum absolute atomic E-state index is 0.0226. The Morgan fingerprint density at radius 1 is 0.828 bits per heavy atom. The van der Waals surface area contributed by atoms with Gasteiger partial charge in [-0.05, 0) is 103 Å². The van der Waals surface area contributed by atoms with Crippen LogP contribution in [0.15, 0.2) is 132 Å². The monoisotopic (exact) mass is 862 g/mol. The number of phenols is 1. The van der Waals surface area contributed by atoms with Crippen LogP contribution in [-0.4, -0.2) is 70.7 Å². The number of nitrogens with zero attached hydrogens (tertiary/aromatic N) is 2. The molecule has 6 aromatic rings. The topological polar surface area (TPSA) is 152 Å². The van der Waals surface area contributed by atoms with Gasteiger partial charge >= 0.3 is 6.09 Å². The summed E-state index contributed by atoms with van der Waals surface area (Å²) in [6, 6.07) is 39.8. The number of carbonyl (C=O) groups is 3. The summed E-state index contributed by atoms with van der Waals surface area (Å²) < 4.78 is 5.79. The van der Waals surface area contributed by atoms with Crippen LogP contribution in [0.4, 0.5) is 16.2 Å². The molecule has 332 valence electrons. The van der Waals surface area contributed by atoms with Crippen LogP contribution in [0.25, 0.3) is 22.0 Å². The van der Waals surface area contributed by atoms with Gasteiger partial charge in [-0.15, -0.1) is 0 Å². The van der Waals surface area contributed by atoms with Crippen molar-refractivity contribution in [1.82, 2.24) is 9.88 Å². The van der Waals surface area contributed by atoms with E-state index >= 15 is 0 Å². The number of phenolic OH excluding ortho intramolecular Hbond substituents is 1. The lowest BCUT2D eigenvalue weighted by atomic mass is 9.91. The largest absolute Gasteiger partial charge is 0.506 e. The molecule has 11 nitrogen and oxygen atoms in total. The summed E-state index contributed by atoms with van der Waals surface area (Å²) in [6.07, 6.45) is 3.89. The van der Waals surface area contributed by atoms with Crippen LogP contribution in [0, 0.1) is 5.92 Å². The van der Waals surface area contributed by atoms with Crippen molar-refractivity contribution in [1.29, 1.82) is 0 Å². The third-order valence-electron chi connectivity index (χ3n) is 12.3. The molecule has 1 aliphatic heterocycles. The highest BCUT2D eigenvalue weighted by Crippen LogP contribution is 2.32. The molecule has 0 radical (unpaired) electrons. The number of anilines is 2. The number of pyridine rings is 1. The molecule has 0 saturated carbocycles. The van der Waals surface area contributed by atoms with Crippen LogP contribution >= 0.6 is 0 Å². The maximum Gasteiger partial charge on any atom is 0.411 e. The number of aromatic hydroxyl groups is 1. The number of aromatic amines is 1. The number of piperidine rings is 1. The van der Waals surface area contributed by atoms with Crippen molar-refractivity contribution >= 4 is 40.1 Å². The molecule has 0 bridgehead atoms. The van der Waals surface area contributed by atoms with Gasteiger partial charge in [0.25, 0.3) is 0 Å². The van der Waals surface area contributed by atoms with E-state index in [2.05, 4.69) is 34.3 Å². The van der Waals surface area contributed by atoms with Gasteiger partial charge in [0, 0.05) is 68.6 Å². The average molecular weight is 863 g/mol. The highest BCUT2D eigenvalue weighted by Gasteiger charge is 2.24. The minimum Gasteiger partial charge on any atom is -0.506 e. The van der Waals surface area contributed by atoms with Crippen molar-refractivity contribution in [2.24, 2.45) is 5.92 Å². The van der Waals surface area contributed by atoms with Crippen molar-refractivity contribution in [3.8, 4) is 16.9 Å². The third kappa shape index (κ3) is 12.3. The molecule has 64 heavy (non-hydrogen) atoms. The second kappa shape index (κ2) is 21.7. The molecule has 11 heteroatoms. The van der Waals surface area contributed by atoms with Crippen LogP contribution in [0.5, 0.6) is 5.75 Å². The number of aliphatic hydroxyl groups is 1. The Balaban J connectivity index is 0.790. The number of Topliss-reactive ketones (excluding diaryl/α,β-unsaturated/α-hetero) is 1. The number of amides is 2. The Morgan fingerprint density at radius 3 is 2.34 bits per heavy atom. The average Bonchev–Trinajstić information content (AvgIpc) is 3.30. The Kier molecular flexibility index (Phi) is 15.4. The fourth-order valence-electron chi connectivity index (χ4n) is 8.57. The molecule has 5 aromatic carbocycles. The molecule has 1 aliphatic rings. The zero-order valence-corrected chi connectivity index (χ0v) is 36.7. The Labute approximate surface area is 374 Å². The number of fused-ring (bicyclic) bond motifs is 1. The number of aliphatic hydroxyl groups excluding tert-OH is 1. The number of H-pyrrole nitrogens is 1. The van der Waals surface area contributed by atoms with Gasteiger partial charge in [0.05, 0.1) is 17.3 Å². The normalized spacial score (nSPS) is 14.2.